The van der Waals surface area contributed by atoms with Crippen LogP contribution in [-0.2, 0) is 5.75 Å². The number of hydrogen-bond donors (Lipinski definition) is 1. The lowest BCUT2D eigenvalue weighted by atomic mass is 10.1. The summed E-state index contributed by atoms with van der Waals surface area (Å²) in [6, 6.07) is 5.30. The van der Waals surface area contributed by atoms with Gasteiger partial charge in [0.25, 0.3) is 5.89 Å². The number of rotatable bonds is 4. The Hall–Kier alpha value is -1.49. The zero-order chi connectivity index (χ0) is 12.3. The Labute approximate surface area is 104 Å². The van der Waals surface area contributed by atoms with Gasteiger partial charge in [-0.2, -0.15) is 16.7 Å². The van der Waals surface area contributed by atoms with Gasteiger partial charge in [-0.25, -0.2) is 0 Å². The second-order valence-electron chi connectivity index (χ2n) is 3.67. The molecule has 5 heteroatoms. The van der Waals surface area contributed by atoms with Crippen LogP contribution in [0.25, 0.3) is 11.5 Å². The Morgan fingerprint density at radius 1 is 1.41 bits per heavy atom. The summed E-state index contributed by atoms with van der Waals surface area (Å²) in [5.74, 6) is 2.94. The van der Waals surface area contributed by atoms with Crippen LogP contribution in [0.15, 0.2) is 22.7 Å². The van der Waals surface area contributed by atoms with Gasteiger partial charge in [-0.15, -0.1) is 0 Å². The molecular weight excluding hydrogens is 236 g/mol. The van der Waals surface area contributed by atoms with Crippen molar-refractivity contribution in [3.63, 3.8) is 0 Å². The molecule has 0 amide bonds. The van der Waals surface area contributed by atoms with Gasteiger partial charge in [-0.1, -0.05) is 23.7 Å². The molecule has 1 aromatic heterocycles. The van der Waals surface area contributed by atoms with Gasteiger partial charge in [0.15, 0.2) is 5.82 Å². The van der Waals surface area contributed by atoms with Crippen LogP contribution in [0, 0.1) is 6.92 Å². The van der Waals surface area contributed by atoms with Crippen molar-refractivity contribution in [1.82, 2.24) is 10.1 Å². The predicted molar refractivity (Wildman–Crippen MR) is 68.0 cm³/mol. The fraction of sp³-hybridized carbons (Fsp3) is 0.333. The summed E-state index contributed by atoms with van der Waals surface area (Å²) in [6.45, 7) is 4.03. The number of phenols is 1. The van der Waals surface area contributed by atoms with E-state index in [2.05, 4.69) is 17.1 Å². The zero-order valence-corrected chi connectivity index (χ0v) is 10.6. The number of nitrogens with zero attached hydrogens (tertiary/aromatic N) is 2. The number of aromatic hydroxyl groups is 1. The minimum atomic E-state index is 0.161. The fourth-order valence-electron chi connectivity index (χ4n) is 1.44. The molecule has 0 aliphatic heterocycles. The molecule has 4 nitrogen and oxygen atoms in total. The van der Waals surface area contributed by atoms with Gasteiger partial charge >= 0.3 is 0 Å². The quantitative estimate of drug-likeness (QED) is 0.903. The molecule has 0 fully saturated rings. The Bertz CT molecular complexity index is 511. The van der Waals surface area contributed by atoms with Crippen LogP contribution in [0.1, 0.15) is 18.3 Å². The number of aromatic nitrogens is 2. The molecule has 1 aromatic carbocycles. The molecule has 1 heterocycles. The highest BCUT2D eigenvalue weighted by atomic mass is 32.2. The van der Waals surface area contributed by atoms with Crippen LogP contribution in [0.4, 0.5) is 0 Å². The van der Waals surface area contributed by atoms with E-state index in [1.54, 1.807) is 17.8 Å². The molecule has 2 aromatic rings. The van der Waals surface area contributed by atoms with Gasteiger partial charge in [-0.3, -0.25) is 0 Å². The van der Waals surface area contributed by atoms with Crippen molar-refractivity contribution >= 4 is 11.8 Å². The summed E-state index contributed by atoms with van der Waals surface area (Å²) >= 11 is 1.73. The highest BCUT2D eigenvalue weighted by molar-refractivity contribution is 7.98. The average molecular weight is 250 g/mol. The van der Waals surface area contributed by atoms with E-state index in [4.69, 9.17) is 4.52 Å². The summed E-state index contributed by atoms with van der Waals surface area (Å²) in [7, 11) is 0. The molecule has 0 aliphatic rings. The molecule has 0 spiro atoms. The average Bonchev–Trinajstić information content (AvgIpc) is 2.78. The zero-order valence-electron chi connectivity index (χ0n) is 9.80. The molecule has 0 saturated heterocycles. The van der Waals surface area contributed by atoms with E-state index in [1.165, 1.54) is 0 Å². The molecule has 0 atom stereocenters. The first kappa shape index (κ1) is 12.0. The van der Waals surface area contributed by atoms with E-state index in [9.17, 15) is 5.11 Å². The maximum Gasteiger partial charge on any atom is 0.261 e. The lowest BCUT2D eigenvalue weighted by Crippen LogP contribution is -1.85. The smallest absolute Gasteiger partial charge is 0.261 e. The molecule has 0 aliphatic carbocycles. The van der Waals surface area contributed by atoms with E-state index >= 15 is 0 Å². The fourth-order valence-corrected chi connectivity index (χ4v) is 1.94. The second kappa shape index (κ2) is 5.23. The van der Waals surface area contributed by atoms with Gasteiger partial charge in [0.2, 0.25) is 0 Å². The molecular formula is C12H14N2O2S. The van der Waals surface area contributed by atoms with Gasteiger partial charge in [-0.05, 0) is 24.8 Å². The minimum absolute atomic E-state index is 0.161. The van der Waals surface area contributed by atoms with Crippen molar-refractivity contribution in [2.24, 2.45) is 0 Å². The van der Waals surface area contributed by atoms with Gasteiger partial charge in [0.1, 0.15) is 5.75 Å². The topological polar surface area (TPSA) is 59.2 Å². The molecule has 0 bridgehead atoms. The van der Waals surface area contributed by atoms with Crippen LogP contribution < -0.4 is 0 Å². The summed E-state index contributed by atoms with van der Waals surface area (Å²) in [4.78, 5) is 4.26. The first-order valence-electron chi connectivity index (χ1n) is 5.41. The molecule has 0 radical (unpaired) electrons. The Kier molecular flexibility index (Phi) is 3.68. The number of aryl methyl sites for hydroxylation is 1. The van der Waals surface area contributed by atoms with Crippen molar-refractivity contribution in [3.05, 3.63) is 29.6 Å². The first-order valence-corrected chi connectivity index (χ1v) is 6.56. The maximum absolute atomic E-state index is 9.74. The van der Waals surface area contributed by atoms with Crippen molar-refractivity contribution < 1.29 is 9.63 Å². The molecule has 2 rings (SSSR count). The Balaban J connectivity index is 2.27. The Morgan fingerprint density at radius 3 is 3.00 bits per heavy atom. The number of phenolic OH excluding ortho intramolecular Hbond substituents is 1. The van der Waals surface area contributed by atoms with Gasteiger partial charge in [0, 0.05) is 0 Å². The number of hydrogen-bond acceptors (Lipinski definition) is 5. The lowest BCUT2D eigenvalue weighted by molar-refractivity contribution is 0.419. The third-order valence-corrected chi connectivity index (χ3v) is 3.16. The number of benzene rings is 1. The van der Waals surface area contributed by atoms with Crippen molar-refractivity contribution in [3.8, 4) is 17.2 Å². The van der Waals surface area contributed by atoms with Gasteiger partial charge in [0.05, 0.1) is 11.3 Å². The monoisotopic (exact) mass is 250 g/mol. The van der Waals surface area contributed by atoms with Crippen LogP contribution in [0.2, 0.25) is 0 Å². The predicted octanol–water partition coefficient (Wildman–Crippen LogP) is 3.00. The molecule has 17 heavy (non-hydrogen) atoms. The van der Waals surface area contributed by atoms with E-state index in [0.717, 1.165) is 17.1 Å². The summed E-state index contributed by atoms with van der Waals surface area (Å²) in [6.07, 6.45) is 0. The second-order valence-corrected chi connectivity index (χ2v) is 4.95. The molecule has 0 saturated carbocycles. The van der Waals surface area contributed by atoms with Crippen LogP contribution in [0.3, 0.4) is 0 Å². The van der Waals surface area contributed by atoms with Gasteiger partial charge < -0.3 is 9.63 Å². The van der Waals surface area contributed by atoms with Crippen molar-refractivity contribution in [2.45, 2.75) is 19.6 Å². The lowest BCUT2D eigenvalue weighted by Gasteiger charge is -1.99. The standard InChI is InChI=1S/C12H14N2O2S/c1-3-17-7-11-13-12(16-14-11)9-6-8(2)4-5-10(9)15/h4-6,15H,3,7H2,1-2H3. The third kappa shape index (κ3) is 2.79. The Morgan fingerprint density at radius 2 is 2.24 bits per heavy atom. The third-order valence-electron chi connectivity index (χ3n) is 2.29. The molecule has 0 unspecified atom stereocenters. The maximum atomic E-state index is 9.74. The SMILES string of the molecule is CCSCc1noc(-c2cc(C)ccc2O)n1. The highest BCUT2D eigenvalue weighted by Crippen LogP contribution is 2.28. The molecule has 1 N–H and O–H groups in total. The van der Waals surface area contributed by atoms with E-state index < -0.39 is 0 Å². The van der Waals surface area contributed by atoms with Crippen LogP contribution >= 0.6 is 11.8 Å². The number of thioether (sulfide) groups is 1. The van der Waals surface area contributed by atoms with Crippen molar-refractivity contribution in [2.75, 3.05) is 5.75 Å². The van der Waals surface area contributed by atoms with E-state index in [-0.39, 0.29) is 5.75 Å². The first-order chi connectivity index (χ1) is 8.20. The summed E-state index contributed by atoms with van der Waals surface area (Å²) in [5, 5.41) is 13.6. The normalized spacial score (nSPS) is 10.7. The highest BCUT2D eigenvalue weighted by Gasteiger charge is 2.12. The van der Waals surface area contributed by atoms with E-state index in [0.29, 0.717) is 17.3 Å². The van der Waals surface area contributed by atoms with Crippen LogP contribution in [0.5, 0.6) is 5.75 Å². The summed E-state index contributed by atoms with van der Waals surface area (Å²) < 4.78 is 5.15. The van der Waals surface area contributed by atoms with Crippen LogP contribution in [-0.4, -0.2) is 21.0 Å². The largest absolute Gasteiger partial charge is 0.507 e. The molecule has 90 valence electrons. The summed E-state index contributed by atoms with van der Waals surface area (Å²) in [5.41, 5.74) is 1.63. The van der Waals surface area contributed by atoms with Crippen molar-refractivity contribution in [1.29, 1.82) is 0 Å². The minimum Gasteiger partial charge on any atom is -0.507 e. The van der Waals surface area contributed by atoms with E-state index in [1.807, 2.05) is 19.1 Å².